The number of rotatable bonds is 10. The lowest BCUT2D eigenvalue weighted by Crippen LogP contribution is -2.04. The van der Waals surface area contributed by atoms with Crippen LogP contribution in [-0.2, 0) is 0 Å². The number of Topliss-reactive ketones (excluding diaryl/α,β-unsaturated/α-hetero) is 2. The van der Waals surface area contributed by atoms with Crippen molar-refractivity contribution in [3.05, 3.63) is 144 Å². The maximum atomic E-state index is 12.5. The van der Waals surface area contributed by atoms with Crippen molar-refractivity contribution in [3.63, 3.8) is 0 Å². The van der Waals surface area contributed by atoms with Gasteiger partial charge in [0.1, 0.15) is 13.1 Å². The zero-order chi connectivity index (χ0) is 26.2. The number of benzene rings is 3. The van der Waals surface area contributed by atoms with Crippen molar-refractivity contribution in [2.75, 3.05) is 13.1 Å². The molecule has 6 heteroatoms. The van der Waals surface area contributed by atoms with Gasteiger partial charge < -0.3 is 9.13 Å². The zero-order valence-corrected chi connectivity index (χ0v) is 20.7. The van der Waals surface area contributed by atoms with Crippen molar-refractivity contribution in [3.8, 4) is 11.4 Å². The molecule has 0 amide bonds. The molecule has 0 fully saturated rings. The Labute approximate surface area is 221 Å². The molecule has 0 spiro atoms. The van der Waals surface area contributed by atoms with Gasteiger partial charge in [-0.15, -0.1) is 0 Å². The molecule has 0 aliphatic heterocycles. The highest BCUT2D eigenvalue weighted by Gasteiger charge is 2.06. The Morgan fingerprint density at radius 1 is 0.553 bits per heavy atom. The molecule has 0 aliphatic rings. The van der Waals surface area contributed by atoms with Gasteiger partial charge in [0.2, 0.25) is 0 Å². The molecular formula is C32H26N4O2. The molecule has 0 saturated heterocycles. The third-order valence-electron chi connectivity index (χ3n) is 6.04. The molecule has 0 unspecified atom stereocenters. The lowest BCUT2D eigenvalue weighted by Gasteiger charge is -2.04. The Bertz CT molecular complexity index is 1440. The molecule has 0 atom stereocenters. The molecule has 186 valence electrons. The minimum atomic E-state index is -0.0436. The summed E-state index contributed by atoms with van der Waals surface area (Å²) in [6, 6.07) is 30.4. The molecule has 2 aromatic heterocycles. The van der Waals surface area contributed by atoms with E-state index in [2.05, 4.69) is 9.98 Å². The SMILES string of the molecule is O=C(CN=Cc1cccc(C=NCC(=O)c2ccc(-n3cccc3)cc2)c1)c1ccc(-n2cccc2)cc1. The van der Waals surface area contributed by atoms with Crippen LogP contribution in [0, 0.1) is 0 Å². The van der Waals surface area contributed by atoms with Crippen LogP contribution >= 0.6 is 0 Å². The second-order valence-corrected chi connectivity index (χ2v) is 8.73. The number of aromatic nitrogens is 2. The van der Waals surface area contributed by atoms with Gasteiger partial charge in [-0.2, -0.15) is 0 Å². The smallest absolute Gasteiger partial charge is 0.184 e. The fourth-order valence-electron chi connectivity index (χ4n) is 4.02. The van der Waals surface area contributed by atoms with Gasteiger partial charge in [-0.05, 0) is 90.0 Å². The molecule has 6 nitrogen and oxygen atoms in total. The maximum absolute atomic E-state index is 12.5. The highest BCUT2D eigenvalue weighted by Crippen LogP contribution is 2.12. The van der Waals surface area contributed by atoms with Gasteiger partial charge >= 0.3 is 0 Å². The zero-order valence-electron chi connectivity index (χ0n) is 20.7. The summed E-state index contributed by atoms with van der Waals surface area (Å²) in [6.07, 6.45) is 11.2. The summed E-state index contributed by atoms with van der Waals surface area (Å²) >= 11 is 0. The first-order chi connectivity index (χ1) is 18.7. The van der Waals surface area contributed by atoms with E-state index >= 15 is 0 Å². The van der Waals surface area contributed by atoms with Gasteiger partial charge in [-0.3, -0.25) is 19.6 Å². The van der Waals surface area contributed by atoms with Crippen molar-refractivity contribution in [2.45, 2.75) is 0 Å². The first-order valence-electron chi connectivity index (χ1n) is 12.3. The van der Waals surface area contributed by atoms with E-state index in [1.165, 1.54) is 0 Å². The highest BCUT2D eigenvalue weighted by atomic mass is 16.1. The number of carbonyl (C=O) groups is 2. The molecule has 2 heterocycles. The molecule has 0 radical (unpaired) electrons. The van der Waals surface area contributed by atoms with Gasteiger partial charge in [-0.1, -0.05) is 18.2 Å². The van der Waals surface area contributed by atoms with E-state index in [4.69, 9.17) is 0 Å². The van der Waals surface area contributed by atoms with Crippen LogP contribution in [-0.4, -0.2) is 46.2 Å². The molecule has 0 bridgehead atoms. The van der Waals surface area contributed by atoms with Crippen LogP contribution in [0.4, 0.5) is 0 Å². The van der Waals surface area contributed by atoms with Crippen LogP contribution in [0.15, 0.2) is 132 Å². The summed E-state index contributed by atoms with van der Waals surface area (Å²) in [4.78, 5) is 33.7. The first kappa shape index (κ1) is 24.6. The van der Waals surface area contributed by atoms with Crippen LogP contribution in [0.3, 0.4) is 0 Å². The van der Waals surface area contributed by atoms with Crippen LogP contribution in [0.1, 0.15) is 31.8 Å². The predicted octanol–water partition coefficient (Wildman–Crippen LogP) is 5.87. The average molecular weight is 499 g/mol. The van der Waals surface area contributed by atoms with Crippen molar-refractivity contribution in [2.24, 2.45) is 9.98 Å². The molecule has 0 saturated carbocycles. The Morgan fingerprint density at radius 2 is 0.947 bits per heavy atom. The Kier molecular flexibility index (Phi) is 7.61. The fraction of sp³-hybridized carbons (Fsp3) is 0.0625. The number of hydrogen-bond acceptors (Lipinski definition) is 4. The third-order valence-corrected chi connectivity index (χ3v) is 6.04. The lowest BCUT2D eigenvalue weighted by molar-refractivity contribution is 0.0994. The van der Waals surface area contributed by atoms with Gasteiger partial charge in [0.05, 0.1) is 0 Å². The van der Waals surface area contributed by atoms with Crippen LogP contribution in [0.25, 0.3) is 11.4 Å². The van der Waals surface area contributed by atoms with Gasteiger partial charge in [0.25, 0.3) is 0 Å². The molecule has 0 N–H and O–H groups in total. The summed E-state index contributed by atoms with van der Waals surface area (Å²) in [6.45, 7) is 0.137. The Morgan fingerprint density at radius 3 is 1.34 bits per heavy atom. The lowest BCUT2D eigenvalue weighted by atomic mass is 10.1. The van der Waals surface area contributed by atoms with Crippen molar-refractivity contribution < 1.29 is 9.59 Å². The van der Waals surface area contributed by atoms with Crippen molar-refractivity contribution >= 4 is 24.0 Å². The van der Waals surface area contributed by atoms with Gasteiger partial charge in [-0.25, -0.2) is 0 Å². The van der Waals surface area contributed by atoms with E-state index in [-0.39, 0.29) is 24.7 Å². The van der Waals surface area contributed by atoms with Crippen LogP contribution in [0.2, 0.25) is 0 Å². The second-order valence-electron chi connectivity index (χ2n) is 8.73. The summed E-state index contributed by atoms with van der Waals surface area (Å²) < 4.78 is 3.97. The van der Waals surface area contributed by atoms with Crippen LogP contribution in [0.5, 0.6) is 0 Å². The largest absolute Gasteiger partial charge is 0.324 e. The average Bonchev–Trinajstić information content (AvgIpc) is 3.69. The number of hydrogen-bond donors (Lipinski definition) is 0. The minimum absolute atomic E-state index is 0.0436. The maximum Gasteiger partial charge on any atom is 0.184 e. The standard InChI is InChI=1S/C32H26N4O2/c37-31(27-8-12-29(13-9-27)35-16-1-2-17-35)23-33-21-25-6-5-7-26(20-25)22-34-24-32(38)28-10-14-30(15-11-28)36-18-3-4-19-36/h1-22H,23-24H2. The molecular weight excluding hydrogens is 472 g/mol. The Hall–Kier alpha value is -5.10. The summed E-state index contributed by atoms with van der Waals surface area (Å²) in [5.41, 5.74) is 4.97. The molecule has 5 rings (SSSR count). The fourth-order valence-corrected chi connectivity index (χ4v) is 4.02. The quantitative estimate of drug-likeness (QED) is 0.178. The van der Waals surface area contributed by atoms with E-state index in [0.717, 1.165) is 22.5 Å². The second kappa shape index (κ2) is 11.8. The number of ketones is 2. The first-order valence-corrected chi connectivity index (χ1v) is 12.3. The Balaban J connectivity index is 1.13. The van der Waals surface area contributed by atoms with Crippen molar-refractivity contribution in [1.82, 2.24) is 9.13 Å². The van der Waals surface area contributed by atoms with E-state index in [9.17, 15) is 9.59 Å². The molecule has 5 aromatic rings. The highest BCUT2D eigenvalue weighted by molar-refractivity contribution is 6.00. The molecule has 0 aliphatic carbocycles. The normalized spacial score (nSPS) is 11.4. The van der Waals surface area contributed by atoms with E-state index in [1.54, 1.807) is 12.4 Å². The van der Waals surface area contributed by atoms with E-state index in [1.807, 2.05) is 131 Å². The number of aliphatic imine (C=N–C) groups is 2. The topological polar surface area (TPSA) is 68.7 Å². The molecule has 3 aromatic carbocycles. The summed E-state index contributed by atoms with van der Waals surface area (Å²) in [7, 11) is 0. The van der Waals surface area contributed by atoms with Crippen molar-refractivity contribution in [1.29, 1.82) is 0 Å². The number of nitrogens with zero attached hydrogens (tertiary/aromatic N) is 4. The summed E-state index contributed by atoms with van der Waals surface area (Å²) in [5, 5.41) is 0. The van der Waals surface area contributed by atoms with E-state index < -0.39 is 0 Å². The van der Waals surface area contributed by atoms with Gasteiger partial charge in [0, 0.05) is 59.7 Å². The monoisotopic (exact) mass is 498 g/mol. The van der Waals surface area contributed by atoms with E-state index in [0.29, 0.717) is 11.1 Å². The van der Waals surface area contributed by atoms with Crippen LogP contribution < -0.4 is 0 Å². The molecule has 38 heavy (non-hydrogen) atoms. The van der Waals surface area contributed by atoms with Gasteiger partial charge in [0.15, 0.2) is 11.6 Å². The summed E-state index contributed by atoms with van der Waals surface area (Å²) in [5.74, 6) is -0.0872. The minimum Gasteiger partial charge on any atom is -0.324 e. The number of carbonyl (C=O) groups excluding carboxylic acids is 2. The predicted molar refractivity (Wildman–Crippen MR) is 152 cm³/mol. The third kappa shape index (κ3) is 6.17.